The predicted molar refractivity (Wildman–Crippen MR) is 73.0 cm³/mol. The van der Waals surface area contributed by atoms with E-state index in [0.717, 1.165) is 31.4 Å². The van der Waals surface area contributed by atoms with Gasteiger partial charge in [-0.05, 0) is 37.6 Å². The molecule has 0 amide bonds. The van der Waals surface area contributed by atoms with Gasteiger partial charge >= 0.3 is 0 Å². The lowest BCUT2D eigenvalue weighted by Gasteiger charge is -2.18. The molecule has 1 unspecified atom stereocenters. The SMILES string of the molecule is CC(C)Cn1ncnc1CNCC1CC=CCC1. The second-order valence-electron chi connectivity index (χ2n) is 5.53. The molecule has 100 valence electrons. The number of nitrogens with zero attached hydrogens (tertiary/aromatic N) is 3. The molecule has 1 heterocycles. The zero-order valence-electron chi connectivity index (χ0n) is 11.5. The zero-order chi connectivity index (χ0) is 12.8. The third-order valence-electron chi connectivity index (χ3n) is 3.33. The Morgan fingerprint density at radius 3 is 3.06 bits per heavy atom. The fourth-order valence-corrected chi connectivity index (χ4v) is 2.35. The van der Waals surface area contributed by atoms with Gasteiger partial charge in [0.25, 0.3) is 0 Å². The average molecular weight is 248 g/mol. The van der Waals surface area contributed by atoms with Crippen LogP contribution in [0.1, 0.15) is 38.9 Å². The summed E-state index contributed by atoms with van der Waals surface area (Å²) in [5.41, 5.74) is 0. The summed E-state index contributed by atoms with van der Waals surface area (Å²) in [5.74, 6) is 2.44. The minimum Gasteiger partial charge on any atom is -0.310 e. The normalized spacial score (nSPS) is 19.6. The fourth-order valence-electron chi connectivity index (χ4n) is 2.35. The molecule has 0 bridgehead atoms. The van der Waals surface area contributed by atoms with Crippen molar-refractivity contribution in [1.29, 1.82) is 0 Å². The molecule has 1 aromatic heterocycles. The van der Waals surface area contributed by atoms with Crippen molar-refractivity contribution in [1.82, 2.24) is 20.1 Å². The monoisotopic (exact) mass is 248 g/mol. The summed E-state index contributed by atoms with van der Waals surface area (Å²) in [7, 11) is 0. The summed E-state index contributed by atoms with van der Waals surface area (Å²) in [6, 6.07) is 0. The maximum absolute atomic E-state index is 4.33. The summed E-state index contributed by atoms with van der Waals surface area (Å²) in [5, 5.41) is 7.79. The van der Waals surface area contributed by atoms with Crippen molar-refractivity contribution < 1.29 is 0 Å². The van der Waals surface area contributed by atoms with Crippen molar-refractivity contribution in [3.63, 3.8) is 0 Å². The highest BCUT2D eigenvalue weighted by atomic mass is 15.3. The van der Waals surface area contributed by atoms with Crippen LogP contribution in [0.15, 0.2) is 18.5 Å². The number of rotatable bonds is 6. The zero-order valence-corrected chi connectivity index (χ0v) is 11.5. The van der Waals surface area contributed by atoms with Gasteiger partial charge in [0.05, 0.1) is 6.54 Å². The molecular formula is C14H24N4. The highest BCUT2D eigenvalue weighted by Crippen LogP contribution is 2.16. The molecule has 4 heteroatoms. The molecule has 1 aromatic rings. The van der Waals surface area contributed by atoms with Crippen molar-refractivity contribution in [2.24, 2.45) is 11.8 Å². The van der Waals surface area contributed by atoms with Gasteiger partial charge < -0.3 is 5.32 Å². The number of aromatic nitrogens is 3. The first-order valence-corrected chi connectivity index (χ1v) is 6.98. The Kier molecular flexibility index (Phi) is 4.93. The third-order valence-corrected chi connectivity index (χ3v) is 3.33. The van der Waals surface area contributed by atoms with E-state index >= 15 is 0 Å². The van der Waals surface area contributed by atoms with Crippen LogP contribution in [0.25, 0.3) is 0 Å². The molecule has 1 aliphatic carbocycles. The maximum atomic E-state index is 4.33. The predicted octanol–water partition coefficient (Wildman–Crippen LogP) is 2.38. The Bertz CT molecular complexity index is 381. The van der Waals surface area contributed by atoms with Crippen LogP contribution in [-0.4, -0.2) is 21.3 Å². The van der Waals surface area contributed by atoms with Crippen LogP contribution in [0.3, 0.4) is 0 Å². The van der Waals surface area contributed by atoms with Gasteiger partial charge in [-0.1, -0.05) is 26.0 Å². The molecule has 1 N–H and O–H groups in total. The average Bonchev–Trinajstić information content (AvgIpc) is 2.77. The van der Waals surface area contributed by atoms with Crippen LogP contribution in [0.5, 0.6) is 0 Å². The van der Waals surface area contributed by atoms with Crippen LogP contribution in [-0.2, 0) is 13.1 Å². The van der Waals surface area contributed by atoms with E-state index in [1.165, 1.54) is 19.3 Å². The highest BCUT2D eigenvalue weighted by molar-refractivity contribution is 4.91. The third kappa shape index (κ3) is 3.95. The molecule has 0 saturated heterocycles. The Morgan fingerprint density at radius 1 is 1.44 bits per heavy atom. The lowest BCUT2D eigenvalue weighted by atomic mass is 9.94. The molecule has 0 aliphatic heterocycles. The van der Waals surface area contributed by atoms with Crippen molar-refractivity contribution >= 4 is 0 Å². The molecule has 0 spiro atoms. The molecule has 2 rings (SSSR count). The number of hydrogen-bond acceptors (Lipinski definition) is 3. The van der Waals surface area contributed by atoms with Gasteiger partial charge in [-0.2, -0.15) is 5.10 Å². The first-order valence-electron chi connectivity index (χ1n) is 6.98. The van der Waals surface area contributed by atoms with E-state index < -0.39 is 0 Å². The van der Waals surface area contributed by atoms with Gasteiger partial charge in [0.15, 0.2) is 0 Å². The van der Waals surface area contributed by atoms with Crippen LogP contribution in [0.2, 0.25) is 0 Å². The van der Waals surface area contributed by atoms with Gasteiger partial charge in [0.2, 0.25) is 0 Å². The Hall–Kier alpha value is -1.16. The lowest BCUT2D eigenvalue weighted by Crippen LogP contribution is -2.25. The van der Waals surface area contributed by atoms with Crippen molar-refractivity contribution in [3.8, 4) is 0 Å². The minimum absolute atomic E-state index is 0.605. The standard InChI is InChI=1S/C14H24N4/c1-12(2)10-18-14(16-11-17-18)9-15-8-13-6-4-3-5-7-13/h3-4,11-13,15H,5-10H2,1-2H3. The number of allylic oxidation sites excluding steroid dienone is 2. The molecule has 0 fully saturated rings. The summed E-state index contributed by atoms with van der Waals surface area (Å²) in [6.07, 6.45) is 10.00. The Balaban J connectivity index is 1.75. The largest absolute Gasteiger partial charge is 0.310 e. The quantitative estimate of drug-likeness (QED) is 0.786. The summed E-state index contributed by atoms with van der Waals surface area (Å²) in [6.45, 7) is 7.26. The molecular weight excluding hydrogens is 224 g/mol. The molecule has 1 atom stereocenters. The maximum Gasteiger partial charge on any atom is 0.140 e. The van der Waals surface area contributed by atoms with Crippen LogP contribution in [0.4, 0.5) is 0 Å². The minimum atomic E-state index is 0.605. The van der Waals surface area contributed by atoms with Gasteiger partial charge in [-0.25, -0.2) is 9.67 Å². The highest BCUT2D eigenvalue weighted by Gasteiger charge is 2.10. The van der Waals surface area contributed by atoms with E-state index in [9.17, 15) is 0 Å². The second-order valence-corrected chi connectivity index (χ2v) is 5.53. The van der Waals surface area contributed by atoms with E-state index in [4.69, 9.17) is 0 Å². The van der Waals surface area contributed by atoms with Gasteiger partial charge in [0, 0.05) is 6.54 Å². The first-order chi connectivity index (χ1) is 8.75. The molecule has 1 aliphatic rings. The van der Waals surface area contributed by atoms with E-state index in [1.807, 2.05) is 4.68 Å². The Labute approximate surface area is 109 Å². The smallest absolute Gasteiger partial charge is 0.140 e. The molecule has 4 nitrogen and oxygen atoms in total. The summed E-state index contributed by atoms with van der Waals surface area (Å²) in [4.78, 5) is 4.33. The molecule has 0 radical (unpaired) electrons. The van der Waals surface area contributed by atoms with Crippen LogP contribution < -0.4 is 5.32 Å². The molecule has 0 aromatic carbocycles. The molecule has 18 heavy (non-hydrogen) atoms. The van der Waals surface area contributed by atoms with E-state index in [1.54, 1.807) is 6.33 Å². The van der Waals surface area contributed by atoms with Crippen LogP contribution >= 0.6 is 0 Å². The van der Waals surface area contributed by atoms with Crippen LogP contribution in [0, 0.1) is 11.8 Å². The lowest BCUT2D eigenvalue weighted by molar-refractivity contribution is 0.420. The van der Waals surface area contributed by atoms with Crippen molar-refractivity contribution in [2.45, 2.75) is 46.2 Å². The first kappa shape index (κ1) is 13.3. The topological polar surface area (TPSA) is 42.7 Å². The van der Waals surface area contributed by atoms with Crippen molar-refractivity contribution in [2.75, 3.05) is 6.54 Å². The van der Waals surface area contributed by atoms with E-state index in [-0.39, 0.29) is 0 Å². The van der Waals surface area contributed by atoms with Crippen molar-refractivity contribution in [3.05, 3.63) is 24.3 Å². The Morgan fingerprint density at radius 2 is 2.33 bits per heavy atom. The van der Waals surface area contributed by atoms with E-state index in [0.29, 0.717) is 5.92 Å². The summed E-state index contributed by atoms with van der Waals surface area (Å²) < 4.78 is 2.01. The fraction of sp³-hybridized carbons (Fsp3) is 0.714. The number of nitrogens with one attached hydrogen (secondary N) is 1. The van der Waals surface area contributed by atoms with E-state index in [2.05, 4.69) is 41.4 Å². The van der Waals surface area contributed by atoms with Gasteiger partial charge in [-0.3, -0.25) is 0 Å². The second kappa shape index (κ2) is 6.69. The number of hydrogen-bond donors (Lipinski definition) is 1. The molecule has 0 saturated carbocycles. The van der Waals surface area contributed by atoms with Gasteiger partial charge in [0.1, 0.15) is 12.2 Å². The summed E-state index contributed by atoms with van der Waals surface area (Å²) >= 11 is 0. The van der Waals surface area contributed by atoms with Gasteiger partial charge in [-0.15, -0.1) is 0 Å².